The number of benzene rings is 2. The van der Waals surface area contributed by atoms with Crippen molar-refractivity contribution in [3.8, 4) is 0 Å². The SMILES string of the molecule is CC[C@H](OC1CCC(C(=O)O)CC1)N(C)C(=O)Cc1ccc2nc(Nc3cc(F)ccc3C)oc2c1F. The van der Waals surface area contributed by atoms with E-state index >= 15 is 4.39 Å². The van der Waals surface area contributed by atoms with Crippen molar-refractivity contribution in [3.63, 3.8) is 0 Å². The van der Waals surface area contributed by atoms with Gasteiger partial charge in [0.25, 0.3) is 6.01 Å². The number of aryl methyl sites for hydroxylation is 1. The quantitative estimate of drug-likeness (QED) is 0.360. The summed E-state index contributed by atoms with van der Waals surface area (Å²) in [5.74, 6) is -2.56. The Labute approximate surface area is 213 Å². The Morgan fingerprint density at radius 2 is 1.95 bits per heavy atom. The van der Waals surface area contributed by atoms with Crippen LogP contribution in [0.25, 0.3) is 11.1 Å². The highest BCUT2D eigenvalue weighted by Gasteiger charge is 2.30. The van der Waals surface area contributed by atoms with E-state index in [1.54, 1.807) is 26.1 Å². The number of anilines is 2. The molecular formula is C27H31F2N3O5. The molecule has 0 spiro atoms. The molecule has 198 valence electrons. The lowest BCUT2D eigenvalue weighted by molar-refractivity contribution is -0.154. The summed E-state index contributed by atoms with van der Waals surface area (Å²) in [7, 11) is 1.62. The molecule has 1 heterocycles. The number of amides is 1. The van der Waals surface area contributed by atoms with Crippen molar-refractivity contribution >= 4 is 34.7 Å². The van der Waals surface area contributed by atoms with Gasteiger partial charge in [-0.3, -0.25) is 9.59 Å². The molecule has 0 aliphatic heterocycles. The number of hydrogen-bond acceptors (Lipinski definition) is 6. The molecule has 0 saturated heterocycles. The van der Waals surface area contributed by atoms with Crippen molar-refractivity contribution in [1.82, 2.24) is 9.88 Å². The lowest BCUT2D eigenvalue weighted by Gasteiger charge is -2.34. The number of aromatic nitrogens is 1. The fraction of sp³-hybridized carbons (Fsp3) is 0.444. The second-order valence-corrected chi connectivity index (χ2v) is 9.48. The highest BCUT2D eigenvalue weighted by Crippen LogP contribution is 2.30. The molecule has 10 heteroatoms. The minimum atomic E-state index is -0.782. The van der Waals surface area contributed by atoms with Gasteiger partial charge in [-0.2, -0.15) is 4.98 Å². The van der Waals surface area contributed by atoms with Gasteiger partial charge < -0.3 is 24.5 Å². The maximum atomic E-state index is 15.3. The molecule has 0 unspecified atom stereocenters. The number of hydrogen-bond donors (Lipinski definition) is 2. The van der Waals surface area contributed by atoms with Gasteiger partial charge in [0.2, 0.25) is 5.91 Å². The fourth-order valence-electron chi connectivity index (χ4n) is 4.61. The molecule has 4 rings (SSSR count). The lowest BCUT2D eigenvalue weighted by Crippen LogP contribution is -2.42. The number of rotatable bonds is 9. The number of oxazole rings is 1. The van der Waals surface area contributed by atoms with Gasteiger partial charge >= 0.3 is 5.97 Å². The van der Waals surface area contributed by atoms with E-state index in [9.17, 15) is 19.1 Å². The summed E-state index contributed by atoms with van der Waals surface area (Å²) < 4.78 is 40.6. The van der Waals surface area contributed by atoms with E-state index in [0.717, 1.165) is 5.56 Å². The minimum absolute atomic E-state index is 0.0141. The van der Waals surface area contributed by atoms with Crippen molar-refractivity contribution in [2.75, 3.05) is 12.4 Å². The number of aliphatic carboxylic acids is 1. The van der Waals surface area contributed by atoms with Crippen molar-refractivity contribution < 1.29 is 32.6 Å². The topological polar surface area (TPSA) is 105 Å². The van der Waals surface area contributed by atoms with E-state index in [0.29, 0.717) is 37.8 Å². The van der Waals surface area contributed by atoms with E-state index in [-0.39, 0.29) is 47.0 Å². The number of carboxylic acid groups (broad SMARTS) is 1. The van der Waals surface area contributed by atoms with Crippen LogP contribution in [-0.4, -0.2) is 46.2 Å². The summed E-state index contributed by atoms with van der Waals surface area (Å²) in [6.45, 7) is 3.69. The number of carbonyl (C=O) groups is 2. The van der Waals surface area contributed by atoms with Gasteiger partial charge in [-0.15, -0.1) is 0 Å². The molecule has 1 aliphatic rings. The Balaban J connectivity index is 1.42. The predicted molar refractivity (Wildman–Crippen MR) is 133 cm³/mol. The zero-order valence-corrected chi connectivity index (χ0v) is 21.1. The van der Waals surface area contributed by atoms with Crippen LogP contribution in [0.2, 0.25) is 0 Å². The van der Waals surface area contributed by atoms with Crippen molar-refractivity contribution in [2.24, 2.45) is 5.92 Å². The van der Waals surface area contributed by atoms with E-state index in [2.05, 4.69) is 10.3 Å². The first-order chi connectivity index (χ1) is 17.7. The second-order valence-electron chi connectivity index (χ2n) is 9.48. The van der Waals surface area contributed by atoms with E-state index in [4.69, 9.17) is 9.15 Å². The Bertz CT molecular complexity index is 1290. The maximum absolute atomic E-state index is 15.3. The monoisotopic (exact) mass is 515 g/mol. The van der Waals surface area contributed by atoms with Gasteiger partial charge in [-0.1, -0.05) is 19.1 Å². The van der Waals surface area contributed by atoms with Crippen LogP contribution < -0.4 is 5.32 Å². The Morgan fingerprint density at radius 3 is 2.62 bits per heavy atom. The standard InChI is InChI=1S/C27H31F2N3O5/c1-4-23(36-19-10-6-16(7-11-19)26(34)35)32(3)22(33)13-17-8-12-20-25(24(17)29)37-27(30-20)31-21-14-18(28)9-5-15(21)2/h5,8-9,12,14,16,19,23H,4,6-7,10-11,13H2,1-3H3,(H,30,31)(H,34,35)/t16?,19?,23-/m0/s1. The number of likely N-dealkylation sites (N-methyl/N-ethyl adjacent to an activating group) is 1. The first-order valence-corrected chi connectivity index (χ1v) is 12.4. The van der Waals surface area contributed by atoms with Crippen LogP contribution in [0.4, 0.5) is 20.5 Å². The Morgan fingerprint density at radius 1 is 1.22 bits per heavy atom. The van der Waals surface area contributed by atoms with Crippen LogP contribution in [0, 0.1) is 24.5 Å². The highest BCUT2D eigenvalue weighted by molar-refractivity contribution is 5.82. The van der Waals surface area contributed by atoms with Gasteiger partial charge in [0.1, 0.15) is 17.6 Å². The molecule has 2 N–H and O–H groups in total. The smallest absolute Gasteiger partial charge is 0.306 e. The molecule has 2 aromatic carbocycles. The summed E-state index contributed by atoms with van der Waals surface area (Å²) >= 11 is 0. The van der Waals surface area contributed by atoms with Crippen LogP contribution in [0.15, 0.2) is 34.7 Å². The van der Waals surface area contributed by atoms with Crippen molar-refractivity contribution in [2.45, 2.75) is 64.7 Å². The molecule has 37 heavy (non-hydrogen) atoms. The third-order valence-electron chi connectivity index (χ3n) is 6.91. The minimum Gasteiger partial charge on any atom is -0.481 e. The van der Waals surface area contributed by atoms with Crippen LogP contribution in [-0.2, 0) is 20.7 Å². The zero-order valence-electron chi connectivity index (χ0n) is 21.1. The Hall–Kier alpha value is -3.53. The number of carboxylic acids is 1. The van der Waals surface area contributed by atoms with E-state index < -0.39 is 23.8 Å². The molecule has 3 aromatic rings. The van der Waals surface area contributed by atoms with Gasteiger partial charge in [-0.25, -0.2) is 8.78 Å². The molecule has 0 radical (unpaired) electrons. The van der Waals surface area contributed by atoms with E-state index in [1.807, 2.05) is 6.92 Å². The second kappa shape index (κ2) is 11.2. The number of nitrogens with one attached hydrogen (secondary N) is 1. The van der Waals surface area contributed by atoms with Gasteiger partial charge in [0.05, 0.1) is 18.4 Å². The molecule has 1 amide bonds. The molecular weight excluding hydrogens is 484 g/mol. The van der Waals surface area contributed by atoms with Crippen LogP contribution in [0.3, 0.4) is 0 Å². The Kier molecular flexibility index (Phi) is 8.06. The van der Waals surface area contributed by atoms with Crippen LogP contribution >= 0.6 is 0 Å². The summed E-state index contributed by atoms with van der Waals surface area (Å²) in [5.41, 5.74) is 1.55. The molecule has 1 aromatic heterocycles. The maximum Gasteiger partial charge on any atom is 0.306 e. The van der Waals surface area contributed by atoms with Crippen LogP contribution in [0.1, 0.15) is 50.2 Å². The molecule has 1 atom stereocenters. The number of halogens is 2. The number of nitrogens with zero attached hydrogens (tertiary/aromatic N) is 2. The molecule has 1 fully saturated rings. The third kappa shape index (κ3) is 6.07. The molecule has 1 saturated carbocycles. The van der Waals surface area contributed by atoms with Gasteiger partial charge in [-0.05, 0) is 62.8 Å². The summed E-state index contributed by atoms with van der Waals surface area (Å²) in [4.78, 5) is 29.9. The highest BCUT2D eigenvalue weighted by atomic mass is 19.1. The first-order valence-electron chi connectivity index (χ1n) is 12.4. The lowest BCUT2D eigenvalue weighted by atomic mass is 9.87. The van der Waals surface area contributed by atoms with Gasteiger partial charge in [0.15, 0.2) is 11.4 Å². The van der Waals surface area contributed by atoms with Gasteiger partial charge in [0, 0.05) is 18.3 Å². The molecule has 1 aliphatic carbocycles. The average Bonchev–Trinajstić information content (AvgIpc) is 3.29. The molecule has 8 nitrogen and oxygen atoms in total. The predicted octanol–water partition coefficient (Wildman–Crippen LogP) is 5.56. The van der Waals surface area contributed by atoms with Crippen molar-refractivity contribution in [1.29, 1.82) is 0 Å². The van der Waals surface area contributed by atoms with Crippen LogP contribution in [0.5, 0.6) is 0 Å². The fourth-order valence-corrected chi connectivity index (χ4v) is 4.61. The zero-order chi connectivity index (χ0) is 26.7. The average molecular weight is 516 g/mol. The third-order valence-corrected chi connectivity index (χ3v) is 6.91. The first kappa shape index (κ1) is 26.5. The summed E-state index contributed by atoms with van der Waals surface area (Å²) in [6.07, 6.45) is 2.07. The number of ether oxygens (including phenoxy) is 1. The van der Waals surface area contributed by atoms with Crippen molar-refractivity contribution in [3.05, 3.63) is 53.1 Å². The summed E-state index contributed by atoms with van der Waals surface area (Å²) in [5, 5.41) is 12.0. The normalized spacial score (nSPS) is 18.5. The number of fused-ring (bicyclic) bond motifs is 1. The molecule has 0 bridgehead atoms. The number of carbonyl (C=O) groups excluding carboxylic acids is 1. The largest absolute Gasteiger partial charge is 0.481 e. The van der Waals surface area contributed by atoms with E-state index in [1.165, 1.54) is 23.1 Å². The summed E-state index contributed by atoms with van der Waals surface area (Å²) in [6, 6.07) is 7.33.